The molecule has 33 heavy (non-hydrogen) atoms. The van der Waals surface area contributed by atoms with E-state index in [-0.39, 0.29) is 46.6 Å². The van der Waals surface area contributed by atoms with Gasteiger partial charge in [0.25, 0.3) is 5.56 Å². The van der Waals surface area contributed by atoms with E-state index in [1.165, 1.54) is 4.68 Å². The Bertz CT molecular complexity index is 1010. The van der Waals surface area contributed by atoms with Crippen molar-refractivity contribution < 1.29 is 9.59 Å². The van der Waals surface area contributed by atoms with Crippen molar-refractivity contribution in [2.24, 2.45) is 11.3 Å². The number of ketones is 1. The molecule has 1 heterocycles. The Morgan fingerprint density at radius 1 is 1.09 bits per heavy atom. The molecule has 1 aromatic carbocycles. The normalized spacial score (nSPS) is 12.8. The fourth-order valence-corrected chi connectivity index (χ4v) is 4.38. The first-order chi connectivity index (χ1) is 15.3. The number of benzene rings is 1. The molecule has 0 saturated carbocycles. The first-order valence-electron chi connectivity index (χ1n) is 12.1. The van der Waals surface area contributed by atoms with E-state index in [0.717, 1.165) is 18.4 Å². The van der Waals surface area contributed by atoms with Crippen molar-refractivity contribution in [2.75, 3.05) is 13.1 Å². The first-order valence-corrected chi connectivity index (χ1v) is 12.1. The minimum Gasteiger partial charge on any atom is -0.335 e. The second-order valence-corrected chi connectivity index (χ2v) is 10.8. The molecule has 1 atom stereocenters. The molecule has 0 bridgehead atoms. The average molecular weight is 456 g/mol. The van der Waals surface area contributed by atoms with Gasteiger partial charge in [-0.15, -0.1) is 0 Å². The van der Waals surface area contributed by atoms with Gasteiger partial charge in [0.15, 0.2) is 5.78 Å². The number of rotatable bonds is 10. The zero-order valence-electron chi connectivity index (χ0n) is 21.6. The molecule has 0 saturated heterocycles. The highest BCUT2D eigenvalue weighted by atomic mass is 16.2. The van der Waals surface area contributed by atoms with Crippen LogP contribution >= 0.6 is 0 Å². The number of hydrogen-bond acceptors (Lipinski definition) is 3. The smallest absolute Gasteiger partial charge is 0.282 e. The van der Waals surface area contributed by atoms with Gasteiger partial charge in [-0.3, -0.25) is 19.5 Å². The number of nitrogens with one attached hydrogen (secondary N) is 1. The third-order valence-electron chi connectivity index (χ3n) is 5.73. The van der Waals surface area contributed by atoms with Crippen molar-refractivity contribution in [1.29, 1.82) is 0 Å². The molecule has 182 valence electrons. The third-order valence-corrected chi connectivity index (χ3v) is 5.73. The van der Waals surface area contributed by atoms with Crippen LogP contribution in [0.5, 0.6) is 0 Å². The van der Waals surface area contributed by atoms with E-state index in [1.807, 2.05) is 52.0 Å². The number of amides is 1. The van der Waals surface area contributed by atoms with Crippen LogP contribution in [-0.2, 0) is 4.79 Å². The lowest BCUT2D eigenvalue weighted by Crippen LogP contribution is -2.38. The lowest BCUT2D eigenvalue weighted by atomic mass is 9.84. The number of aryl methyl sites for hydroxylation is 1. The molecule has 1 N–H and O–H groups in total. The van der Waals surface area contributed by atoms with Crippen molar-refractivity contribution in [2.45, 2.75) is 80.6 Å². The Hall–Kier alpha value is -2.63. The molecule has 2 rings (SSSR count). The second-order valence-electron chi connectivity index (χ2n) is 10.8. The minimum absolute atomic E-state index is 0.0255. The maximum atomic E-state index is 13.4. The van der Waals surface area contributed by atoms with Gasteiger partial charge in [0.05, 0.1) is 17.9 Å². The third kappa shape index (κ3) is 7.18. The molecule has 2 aromatic rings. The van der Waals surface area contributed by atoms with Gasteiger partial charge in [-0.1, -0.05) is 66.2 Å². The Morgan fingerprint density at radius 2 is 1.70 bits per heavy atom. The number of nitrogens with zero attached hydrogens (tertiary/aromatic N) is 2. The van der Waals surface area contributed by atoms with E-state index in [2.05, 4.69) is 32.8 Å². The standard InChI is InChI=1S/C27H41N3O3/c1-9-14-29(23(32)15-20(5)16-27(6,7)8)17-22(31)24-25(18(2)3)28-30(26(24)33)21-12-10-19(4)11-13-21/h10-13,18,20,28H,9,14-17H2,1-8H3. The van der Waals surface area contributed by atoms with E-state index in [9.17, 15) is 14.4 Å². The molecule has 1 unspecified atom stereocenters. The molecule has 0 radical (unpaired) electrons. The Balaban J connectivity index is 2.31. The summed E-state index contributed by atoms with van der Waals surface area (Å²) in [5.41, 5.74) is 2.32. The topological polar surface area (TPSA) is 75.2 Å². The summed E-state index contributed by atoms with van der Waals surface area (Å²) in [6, 6.07) is 7.57. The molecule has 0 spiro atoms. The van der Waals surface area contributed by atoms with Gasteiger partial charge >= 0.3 is 0 Å². The maximum absolute atomic E-state index is 13.4. The van der Waals surface area contributed by atoms with Crippen LogP contribution in [-0.4, -0.2) is 39.5 Å². The fraction of sp³-hybridized carbons (Fsp3) is 0.593. The van der Waals surface area contributed by atoms with Crippen LogP contribution < -0.4 is 5.56 Å². The average Bonchev–Trinajstić information content (AvgIpc) is 3.04. The zero-order chi connectivity index (χ0) is 24.9. The van der Waals surface area contributed by atoms with E-state index >= 15 is 0 Å². The van der Waals surface area contributed by atoms with Crippen LogP contribution in [0.3, 0.4) is 0 Å². The largest absolute Gasteiger partial charge is 0.335 e. The number of aromatic nitrogens is 2. The van der Waals surface area contributed by atoms with Crippen molar-refractivity contribution in [3.8, 4) is 5.69 Å². The predicted molar refractivity (Wildman–Crippen MR) is 134 cm³/mol. The Morgan fingerprint density at radius 3 is 2.21 bits per heavy atom. The van der Waals surface area contributed by atoms with E-state index in [1.54, 1.807) is 4.90 Å². The van der Waals surface area contributed by atoms with Crippen LogP contribution in [0, 0.1) is 18.3 Å². The van der Waals surface area contributed by atoms with Crippen molar-refractivity contribution in [3.05, 3.63) is 51.4 Å². The predicted octanol–water partition coefficient (Wildman–Crippen LogP) is 5.48. The quantitative estimate of drug-likeness (QED) is 0.482. The Kier molecular flexibility index (Phi) is 8.87. The summed E-state index contributed by atoms with van der Waals surface area (Å²) in [4.78, 5) is 41.3. The number of aromatic amines is 1. The molecule has 6 heteroatoms. The van der Waals surface area contributed by atoms with Gasteiger partial charge in [-0.2, -0.15) is 0 Å². The number of carbonyl (C=O) groups is 2. The second kappa shape index (κ2) is 11.0. The van der Waals surface area contributed by atoms with Crippen LogP contribution in [0.4, 0.5) is 0 Å². The van der Waals surface area contributed by atoms with Gasteiger partial charge < -0.3 is 4.90 Å². The summed E-state index contributed by atoms with van der Waals surface area (Å²) >= 11 is 0. The monoisotopic (exact) mass is 455 g/mol. The highest BCUT2D eigenvalue weighted by Gasteiger charge is 2.27. The molecule has 1 aromatic heterocycles. The van der Waals surface area contributed by atoms with E-state index in [4.69, 9.17) is 0 Å². The summed E-state index contributed by atoms with van der Waals surface area (Å²) < 4.78 is 1.43. The summed E-state index contributed by atoms with van der Waals surface area (Å²) in [5.74, 6) is -0.145. The van der Waals surface area contributed by atoms with Crippen LogP contribution in [0.1, 0.15) is 95.3 Å². The maximum Gasteiger partial charge on any atom is 0.282 e. The minimum atomic E-state index is -0.363. The van der Waals surface area contributed by atoms with E-state index < -0.39 is 0 Å². The summed E-state index contributed by atoms with van der Waals surface area (Å²) in [5, 5.41) is 3.14. The first kappa shape index (κ1) is 26.6. The highest BCUT2D eigenvalue weighted by Crippen LogP contribution is 2.26. The van der Waals surface area contributed by atoms with E-state index in [0.29, 0.717) is 24.3 Å². The number of hydrogen-bond donors (Lipinski definition) is 1. The molecule has 0 aliphatic rings. The lowest BCUT2D eigenvalue weighted by molar-refractivity contribution is -0.131. The molecule has 0 aliphatic heterocycles. The van der Waals surface area contributed by atoms with Gasteiger partial charge in [-0.25, -0.2) is 4.68 Å². The zero-order valence-corrected chi connectivity index (χ0v) is 21.6. The number of Topliss-reactive ketones (excluding diaryl/α,β-unsaturated/α-hetero) is 1. The van der Waals surface area contributed by atoms with Crippen LogP contribution in [0.15, 0.2) is 29.1 Å². The molecular weight excluding hydrogens is 414 g/mol. The lowest BCUT2D eigenvalue weighted by Gasteiger charge is -2.26. The van der Waals surface area contributed by atoms with Crippen LogP contribution in [0.2, 0.25) is 0 Å². The van der Waals surface area contributed by atoms with Gasteiger partial charge in [0.2, 0.25) is 5.91 Å². The Labute approximate surface area is 198 Å². The molecule has 6 nitrogen and oxygen atoms in total. The number of H-pyrrole nitrogens is 1. The fourth-order valence-electron chi connectivity index (χ4n) is 4.38. The van der Waals surface area contributed by atoms with Crippen molar-refractivity contribution in [1.82, 2.24) is 14.7 Å². The highest BCUT2D eigenvalue weighted by molar-refractivity contribution is 6.00. The molecular formula is C27H41N3O3. The summed E-state index contributed by atoms with van der Waals surface area (Å²) in [6.07, 6.45) is 2.09. The number of carbonyl (C=O) groups excluding carboxylic acids is 2. The SMILES string of the molecule is CCCN(CC(=O)c1c(C(C)C)[nH]n(-c2ccc(C)cc2)c1=O)C(=O)CC(C)CC(C)(C)C. The van der Waals surface area contributed by atoms with Gasteiger partial charge in [0.1, 0.15) is 5.56 Å². The van der Waals surface area contributed by atoms with Crippen molar-refractivity contribution >= 4 is 11.7 Å². The molecule has 1 amide bonds. The molecule has 0 fully saturated rings. The van der Waals surface area contributed by atoms with Crippen LogP contribution in [0.25, 0.3) is 5.69 Å². The van der Waals surface area contributed by atoms with Crippen molar-refractivity contribution in [3.63, 3.8) is 0 Å². The van der Waals surface area contributed by atoms with Gasteiger partial charge in [0, 0.05) is 13.0 Å². The summed E-state index contributed by atoms with van der Waals surface area (Å²) in [6.45, 7) is 16.9. The molecule has 0 aliphatic carbocycles. The van der Waals surface area contributed by atoms with Gasteiger partial charge in [-0.05, 0) is 49.1 Å². The summed E-state index contributed by atoms with van der Waals surface area (Å²) in [7, 11) is 0.